The Morgan fingerprint density at radius 3 is 2.78 bits per heavy atom. The molecule has 0 fully saturated rings. The summed E-state index contributed by atoms with van der Waals surface area (Å²) in [5.74, 6) is -0.263. The fraction of sp³-hybridized carbons (Fsp3) is 0.231. The highest BCUT2D eigenvalue weighted by Gasteiger charge is 2.13. The van der Waals surface area contributed by atoms with Gasteiger partial charge in [0.1, 0.15) is 11.3 Å². The molecule has 0 unspecified atom stereocenters. The lowest BCUT2D eigenvalue weighted by atomic mass is 10.1. The van der Waals surface area contributed by atoms with E-state index in [1.807, 2.05) is 0 Å². The summed E-state index contributed by atoms with van der Waals surface area (Å²) in [5, 5.41) is 0.499. The van der Waals surface area contributed by atoms with Gasteiger partial charge in [-0.3, -0.25) is 0 Å². The molecule has 1 aromatic heterocycles. The smallest absolute Gasteiger partial charge is 0.338 e. The van der Waals surface area contributed by atoms with Crippen LogP contribution < -0.4 is 4.74 Å². The van der Waals surface area contributed by atoms with Crippen molar-refractivity contribution in [2.24, 2.45) is 0 Å². The van der Waals surface area contributed by atoms with E-state index in [-0.39, 0.29) is 22.0 Å². The van der Waals surface area contributed by atoms with Crippen molar-refractivity contribution >= 4 is 28.5 Å². The Morgan fingerprint density at radius 1 is 1.39 bits per heavy atom. The van der Waals surface area contributed by atoms with Crippen molar-refractivity contribution < 1.29 is 18.4 Å². The summed E-state index contributed by atoms with van der Waals surface area (Å²) in [7, 11) is 2.67. The van der Waals surface area contributed by atoms with Crippen LogP contribution >= 0.6 is 11.6 Å². The molecule has 0 spiro atoms. The number of fused-ring (bicyclic) bond motifs is 1. The van der Waals surface area contributed by atoms with Crippen molar-refractivity contribution in [3.8, 4) is 5.75 Å². The standard InChI is InChI=1S/C13H12ClNO3/c1-7-10(14)5-8-4-9(13(16)18-3)6-11(17-2)12(8)15-7/h4-6H,1-3H3/i1D3. The summed E-state index contributed by atoms with van der Waals surface area (Å²) in [4.78, 5) is 15.7. The number of methoxy groups -OCH3 is 2. The monoisotopic (exact) mass is 268 g/mol. The molecule has 0 saturated carbocycles. The predicted octanol–water partition coefficient (Wildman–Crippen LogP) is 2.99. The van der Waals surface area contributed by atoms with Gasteiger partial charge < -0.3 is 9.47 Å². The van der Waals surface area contributed by atoms with Crippen molar-refractivity contribution in [3.05, 3.63) is 34.5 Å². The van der Waals surface area contributed by atoms with Crippen LogP contribution in [0.2, 0.25) is 5.02 Å². The van der Waals surface area contributed by atoms with Gasteiger partial charge in [0.2, 0.25) is 0 Å². The van der Waals surface area contributed by atoms with Gasteiger partial charge in [0.05, 0.1) is 30.5 Å². The Hall–Kier alpha value is -1.81. The molecule has 4 nitrogen and oxygen atoms in total. The average Bonchev–Trinajstić information content (AvgIpc) is 2.42. The number of benzene rings is 1. The van der Waals surface area contributed by atoms with Crippen LogP contribution in [-0.4, -0.2) is 25.2 Å². The maximum Gasteiger partial charge on any atom is 0.338 e. The van der Waals surface area contributed by atoms with E-state index in [1.165, 1.54) is 32.4 Å². The maximum atomic E-state index is 11.6. The lowest BCUT2D eigenvalue weighted by Gasteiger charge is -2.09. The average molecular weight is 269 g/mol. The quantitative estimate of drug-likeness (QED) is 0.786. The number of halogens is 1. The second-order valence-electron chi connectivity index (χ2n) is 3.56. The summed E-state index contributed by atoms with van der Waals surface area (Å²) in [6.45, 7) is -2.43. The van der Waals surface area contributed by atoms with E-state index in [2.05, 4.69) is 9.72 Å². The fourth-order valence-electron chi connectivity index (χ4n) is 1.62. The van der Waals surface area contributed by atoms with Crippen LogP contribution in [0.3, 0.4) is 0 Å². The highest BCUT2D eigenvalue weighted by molar-refractivity contribution is 6.31. The largest absolute Gasteiger partial charge is 0.494 e. The van der Waals surface area contributed by atoms with Gasteiger partial charge >= 0.3 is 5.97 Å². The first-order valence-electron chi connectivity index (χ1n) is 6.55. The van der Waals surface area contributed by atoms with Gasteiger partial charge in [-0.2, -0.15) is 0 Å². The van der Waals surface area contributed by atoms with E-state index in [1.54, 1.807) is 0 Å². The van der Waals surface area contributed by atoms with Gasteiger partial charge in [0.15, 0.2) is 0 Å². The Balaban J connectivity index is 2.77. The zero-order valence-corrected chi connectivity index (χ0v) is 10.5. The summed E-state index contributed by atoms with van der Waals surface area (Å²) in [5.41, 5.74) is 0.378. The minimum absolute atomic E-state index is 0.00608. The summed E-state index contributed by atoms with van der Waals surface area (Å²) >= 11 is 5.97. The first-order chi connectivity index (χ1) is 9.77. The maximum absolute atomic E-state index is 11.6. The lowest BCUT2D eigenvalue weighted by Crippen LogP contribution is -2.02. The number of carbonyl (C=O) groups excluding carboxylic acids is 1. The molecule has 1 aromatic carbocycles. The van der Waals surface area contributed by atoms with E-state index in [0.717, 1.165) is 0 Å². The van der Waals surface area contributed by atoms with Gasteiger partial charge in [-0.25, -0.2) is 9.78 Å². The number of hydrogen-bond acceptors (Lipinski definition) is 4. The van der Waals surface area contributed by atoms with Crippen molar-refractivity contribution in [3.63, 3.8) is 0 Å². The van der Waals surface area contributed by atoms with Crippen LogP contribution in [0, 0.1) is 6.85 Å². The van der Waals surface area contributed by atoms with Gasteiger partial charge in [-0.1, -0.05) is 11.6 Å². The number of pyridine rings is 1. The fourth-order valence-corrected chi connectivity index (χ4v) is 1.78. The first kappa shape index (κ1) is 9.16. The van der Waals surface area contributed by atoms with Crippen LogP contribution in [-0.2, 0) is 4.74 Å². The topological polar surface area (TPSA) is 48.4 Å². The Labute approximate surface area is 114 Å². The molecule has 0 atom stereocenters. The molecule has 5 heteroatoms. The molecular weight excluding hydrogens is 254 g/mol. The van der Waals surface area contributed by atoms with Crippen LogP contribution in [0.4, 0.5) is 0 Å². The molecule has 2 rings (SSSR count). The number of ether oxygens (including phenoxy) is 2. The van der Waals surface area contributed by atoms with Crippen LogP contribution in [0.5, 0.6) is 5.75 Å². The number of carbonyl (C=O) groups is 1. The number of hydrogen-bond donors (Lipinski definition) is 0. The van der Waals surface area contributed by atoms with E-state index in [9.17, 15) is 4.79 Å². The number of nitrogens with zero attached hydrogens (tertiary/aromatic N) is 1. The summed E-state index contributed by atoms with van der Waals surface area (Å²) in [6.07, 6.45) is 0. The molecular formula is C13H12ClNO3. The number of aromatic nitrogens is 1. The molecule has 0 aliphatic heterocycles. The summed E-state index contributed by atoms with van der Waals surface area (Å²) < 4.78 is 32.1. The Bertz CT molecular complexity index is 716. The lowest BCUT2D eigenvalue weighted by molar-refractivity contribution is 0.0600. The third-order valence-electron chi connectivity index (χ3n) is 2.48. The Kier molecular flexibility index (Phi) is 2.45. The third kappa shape index (κ3) is 2.11. The van der Waals surface area contributed by atoms with Crippen LogP contribution in [0.25, 0.3) is 10.9 Å². The molecule has 0 amide bonds. The minimum Gasteiger partial charge on any atom is -0.494 e. The molecule has 1 heterocycles. The predicted molar refractivity (Wildman–Crippen MR) is 69.4 cm³/mol. The zero-order valence-electron chi connectivity index (χ0n) is 12.8. The molecule has 0 saturated heterocycles. The second-order valence-corrected chi connectivity index (χ2v) is 3.97. The second kappa shape index (κ2) is 4.82. The van der Waals surface area contributed by atoms with Crippen molar-refractivity contribution in [2.45, 2.75) is 6.85 Å². The summed E-state index contributed by atoms with van der Waals surface area (Å²) in [6, 6.07) is 4.41. The molecule has 94 valence electrons. The molecule has 2 aromatic rings. The van der Waals surface area contributed by atoms with Crippen LogP contribution in [0.15, 0.2) is 18.2 Å². The van der Waals surface area contributed by atoms with Gasteiger partial charge in [0, 0.05) is 9.50 Å². The highest BCUT2D eigenvalue weighted by atomic mass is 35.5. The molecule has 0 aliphatic carbocycles. The van der Waals surface area contributed by atoms with Crippen molar-refractivity contribution in [1.82, 2.24) is 4.98 Å². The molecule has 0 bridgehead atoms. The first-order valence-corrected chi connectivity index (χ1v) is 5.43. The normalized spacial score (nSPS) is 13.6. The number of aryl methyl sites for hydroxylation is 1. The molecule has 0 N–H and O–H groups in total. The van der Waals surface area contributed by atoms with E-state index >= 15 is 0 Å². The minimum atomic E-state index is -2.43. The molecule has 0 aliphatic rings. The number of esters is 1. The van der Waals surface area contributed by atoms with Crippen molar-refractivity contribution in [1.29, 1.82) is 0 Å². The van der Waals surface area contributed by atoms with Gasteiger partial charge in [-0.15, -0.1) is 0 Å². The van der Waals surface area contributed by atoms with E-state index < -0.39 is 12.8 Å². The Morgan fingerprint density at radius 2 is 2.17 bits per heavy atom. The molecule has 18 heavy (non-hydrogen) atoms. The van der Waals surface area contributed by atoms with Crippen LogP contribution in [0.1, 0.15) is 20.2 Å². The molecule has 0 radical (unpaired) electrons. The van der Waals surface area contributed by atoms with Gasteiger partial charge in [0.25, 0.3) is 0 Å². The van der Waals surface area contributed by atoms with Crippen molar-refractivity contribution in [2.75, 3.05) is 14.2 Å². The number of rotatable bonds is 2. The van der Waals surface area contributed by atoms with Gasteiger partial charge in [-0.05, 0) is 25.1 Å². The van der Waals surface area contributed by atoms with E-state index in [0.29, 0.717) is 10.9 Å². The van der Waals surface area contributed by atoms with E-state index in [4.69, 9.17) is 20.5 Å². The SMILES string of the molecule is [2H]C([2H])([2H])c1nc2c(OC)cc(C(=O)OC)cc2cc1Cl. The highest BCUT2D eigenvalue weighted by Crippen LogP contribution is 2.29. The zero-order chi connectivity index (χ0) is 15.8. The third-order valence-corrected chi connectivity index (χ3v) is 2.77.